The Morgan fingerprint density at radius 1 is 1.37 bits per heavy atom. The predicted octanol–water partition coefficient (Wildman–Crippen LogP) is 3.25. The Morgan fingerprint density at radius 3 is 2.84 bits per heavy atom. The van der Waals surface area contributed by atoms with Crippen molar-refractivity contribution in [1.82, 2.24) is 10.3 Å². The molecular formula is C16H26N2O. The van der Waals surface area contributed by atoms with Gasteiger partial charge in [-0.05, 0) is 56.2 Å². The van der Waals surface area contributed by atoms with E-state index in [2.05, 4.69) is 30.2 Å². The Hall–Kier alpha value is -0.930. The van der Waals surface area contributed by atoms with E-state index >= 15 is 0 Å². The highest BCUT2D eigenvalue weighted by Crippen LogP contribution is 2.27. The van der Waals surface area contributed by atoms with Crippen LogP contribution in [0.25, 0.3) is 0 Å². The molecule has 0 amide bonds. The zero-order valence-electron chi connectivity index (χ0n) is 12.2. The van der Waals surface area contributed by atoms with Gasteiger partial charge in [0.15, 0.2) is 0 Å². The van der Waals surface area contributed by atoms with Crippen LogP contribution in [0.5, 0.6) is 0 Å². The number of pyridine rings is 1. The number of rotatable bonds is 6. The van der Waals surface area contributed by atoms with Crippen LogP contribution in [0.4, 0.5) is 0 Å². The molecule has 106 valence electrons. The molecule has 2 heterocycles. The van der Waals surface area contributed by atoms with E-state index in [-0.39, 0.29) is 0 Å². The SMILES string of the molecule is CCCNC(CC1CCOCC1)c1cncc(C)c1. The number of aromatic nitrogens is 1. The molecule has 0 saturated carbocycles. The first-order valence-electron chi connectivity index (χ1n) is 7.52. The van der Waals surface area contributed by atoms with Crippen molar-refractivity contribution in [2.45, 2.75) is 45.6 Å². The molecular weight excluding hydrogens is 236 g/mol. The van der Waals surface area contributed by atoms with Crippen LogP contribution < -0.4 is 5.32 Å². The Bertz CT molecular complexity index is 375. The molecule has 1 fully saturated rings. The van der Waals surface area contributed by atoms with Crippen LogP contribution in [0.15, 0.2) is 18.5 Å². The third-order valence-electron chi connectivity index (χ3n) is 3.85. The minimum Gasteiger partial charge on any atom is -0.381 e. The van der Waals surface area contributed by atoms with Gasteiger partial charge >= 0.3 is 0 Å². The van der Waals surface area contributed by atoms with Gasteiger partial charge in [-0.25, -0.2) is 0 Å². The van der Waals surface area contributed by atoms with Crippen LogP contribution in [-0.2, 0) is 4.74 Å². The Labute approximate surface area is 116 Å². The lowest BCUT2D eigenvalue weighted by Gasteiger charge is -2.27. The van der Waals surface area contributed by atoms with E-state index in [0.717, 1.165) is 25.7 Å². The van der Waals surface area contributed by atoms with E-state index in [1.807, 2.05) is 12.4 Å². The van der Waals surface area contributed by atoms with Gasteiger partial charge in [0.25, 0.3) is 0 Å². The van der Waals surface area contributed by atoms with Gasteiger partial charge in [-0.1, -0.05) is 13.0 Å². The van der Waals surface area contributed by atoms with Crippen LogP contribution >= 0.6 is 0 Å². The first-order chi connectivity index (χ1) is 9.29. The largest absolute Gasteiger partial charge is 0.381 e. The molecule has 3 nitrogen and oxygen atoms in total. The molecule has 3 heteroatoms. The highest BCUT2D eigenvalue weighted by atomic mass is 16.5. The monoisotopic (exact) mass is 262 g/mol. The molecule has 1 aromatic rings. The van der Waals surface area contributed by atoms with Gasteiger partial charge in [0.05, 0.1) is 0 Å². The van der Waals surface area contributed by atoms with Crippen LogP contribution in [0.3, 0.4) is 0 Å². The Morgan fingerprint density at radius 2 is 2.16 bits per heavy atom. The Kier molecular flexibility index (Phi) is 5.80. The molecule has 1 N–H and O–H groups in total. The zero-order chi connectivity index (χ0) is 13.5. The molecule has 1 aromatic heterocycles. The van der Waals surface area contributed by atoms with E-state index in [1.165, 1.54) is 36.8 Å². The van der Waals surface area contributed by atoms with E-state index in [1.54, 1.807) is 0 Å². The normalized spacial score (nSPS) is 18.4. The van der Waals surface area contributed by atoms with Crippen LogP contribution in [0.1, 0.15) is 49.8 Å². The maximum atomic E-state index is 5.45. The predicted molar refractivity (Wildman–Crippen MR) is 78.2 cm³/mol. The minimum absolute atomic E-state index is 0.440. The minimum atomic E-state index is 0.440. The van der Waals surface area contributed by atoms with E-state index in [9.17, 15) is 0 Å². The average Bonchev–Trinajstić information content (AvgIpc) is 2.44. The summed E-state index contributed by atoms with van der Waals surface area (Å²) < 4.78 is 5.45. The molecule has 0 radical (unpaired) electrons. The number of ether oxygens (including phenoxy) is 1. The first kappa shape index (κ1) is 14.5. The maximum Gasteiger partial charge on any atom is 0.0468 e. The number of hydrogen-bond donors (Lipinski definition) is 1. The fourth-order valence-electron chi connectivity index (χ4n) is 2.74. The summed E-state index contributed by atoms with van der Waals surface area (Å²) in [5, 5.41) is 3.68. The summed E-state index contributed by atoms with van der Waals surface area (Å²) in [6, 6.07) is 2.70. The summed E-state index contributed by atoms with van der Waals surface area (Å²) in [7, 11) is 0. The molecule has 0 bridgehead atoms. The fraction of sp³-hybridized carbons (Fsp3) is 0.688. The van der Waals surface area contributed by atoms with Crippen molar-refractivity contribution in [3.63, 3.8) is 0 Å². The lowest BCUT2D eigenvalue weighted by Crippen LogP contribution is -2.27. The van der Waals surface area contributed by atoms with Crippen LogP contribution in [-0.4, -0.2) is 24.7 Å². The molecule has 1 aliphatic rings. The van der Waals surface area contributed by atoms with Crippen molar-refractivity contribution < 1.29 is 4.74 Å². The molecule has 1 saturated heterocycles. The van der Waals surface area contributed by atoms with Gasteiger partial charge < -0.3 is 10.1 Å². The van der Waals surface area contributed by atoms with Crippen molar-refractivity contribution in [2.75, 3.05) is 19.8 Å². The molecule has 0 aliphatic carbocycles. The molecule has 1 aliphatic heterocycles. The maximum absolute atomic E-state index is 5.45. The van der Waals surface area contributed by atoms with Crippen molar-refractivity contribution in [1.29, 1.82) is 0 Å². The fourth-order valence-corrected chi connectivity index (χ4v) is 2.74. The van der Waals surface area contributed by atoms with Gasteiger partial charge in [0, 0.05) is 31.6 Å². The summed E-state index contributed by atoms with van der Waals surface area (Å²) >= 11 is 0. The van der Waals surface area contributed by atoms with E-state index < -0.39 is 0 Å². The van der Waals surface area contributed by atoms with Crippen LogP contribution in [0, 0.1) is 12.8 Å². The summed E-state index contributed by atoms with van der Waals surface area (Å²) in [5.41, 5.74) is 2.58. The van der Waals surface area contributed by atoms with Gasteiger partial charge in [-0.15, -0.1) is 0 Å². The number of nitrogens with zero attached hydrogens (tertiary/aromatic N) is 1. The lowest BCUT2D eigenvalue weighted by atomic mass is 9.89. The molecule has 1 atom stereocenters. The molecule has 19 heavy (non-hydrogen) atoms. The molecule has 1 unspecified atom stereocenters. The highest BCUT2D eigenvalue weighted by molar-refractivity contribution is 5.20. The summed E-state index contributed by atoms with van der Waals surface area (Å²) in [6.07, 6.45) is 8.71. The lowest BCUT2D eigenvalue weighted by molar-refractivity contribution is 0.0605. The van der Waals surface area contributed by atoms with E-state index in [4.69, 9.17) is 4.74 Å². The molecule has 2 rings (SSSR count). The third kappa shape index (κ3) is 4.59. The summed E-state index contributed by atoms with van der Waals surface area (Å²) in [5.74, 6) is 0.781. The van der Waals surface area contributed by atoms with Crippen LogP contribution in [0.2, 0.25) is 0 Å². The number of aryl methyl sites for hydroxylation is 1. The Balaban J connectivity index is 2.01. The quantitative estimate of drug-likeness (QED) is 0.854. The van der Waals surface area contributed by atoms with Crippen molar-refractivity contribution in [3.8, 4) is 0 Å². The second-order valence-electron chi connectivity index (χ2n) is 5.59. The third-order valence-corrected chi connectivity index (χ3v) is 3.85. The van der Waals surface area contributed by atoms with Gasteiger partial charge in [0.2, 0.25) is 0 Å². The van der Waals surface area contributed by atoms with Crippen molar-refractivity contribution in [3.05, 3.63) is 29.6 Å². The molecule has 0 spiro atoms. The summed E-state index contributed by atoms with van der Waals surface area (Å²) in [6.45, 7) is 7.26. The number of nitrogens with one attached hydrogen (secondary N) is 1. The molecule has 0 aromatic carbocycles. The highest BCUT2D eigenvalue weighted by Gasteiger charge is 2.20. The van der Waals surface area contributed by atoms with Crippen molar-refractivity contribution >= 4 is 0 Å². The van der Waals surface area contributed by atoms with Gasteiger partial charge in [-0.2, -0.15) is 0 Å². The summed E-state index contributed by atoms with van der Waals surface area (Å²) in [4.78, 5) is 4.34. The topological polar surface area (TPSA) is 34.1 Å². The average molecular weight is 262 g/mol. The second-order valence-corrected chi connectivity index (χ2v) is 5.59. The smallest absolute Gasteiger partial charge is 0.0468 e. The second kappa shape index (κ2) is 7.61. The number of hydrogen-bond acceptors (Lipinski definition) is 3. The van der Waals surface area contributed by atoms with Crippen molar-refractivity contribution in [2.24, 2.45) is 5.92 Å². The van der Waals surface area contributed by atoms with Gasteiger partial charge in [0.1, 0.15) is 0 Å². The first-order valence-corrected chi connectivity index (χ1v) is 7.52. The van der Waals surface area contributed by atoms with E-state index in [0.29, 0.717) is 6.04 Å². The zero-order valence-corrected chi connectivity index (χ0v) is 12.2. The standard InChI is InChI=1S/C16H26N2O/c1-3-6-18-16(10-14-4-7-19-8-5-14)15-9-13(2)11-17-12-15/h9,11-12,14,16,18H,3-8,10H2,1-2H3. The van der Waals surface area contributed by atoms with Gasteiger partial charge in [-0.3, -0.25) is 4.98 Å².